The van der Waals surface area contributed by atoms with Gasteiger partial charge in [-0.1, -0.05) is 38.1 Å². The molecule has 1 N–H and O–H groups in total. The molecular weight excluding hydrogens is 331 g/mol. The van der Waals surface area contributed by atoms with Crippen molar-refractivity contribution in [2.24, 2.45) is 5.92 Å². The minimum absolute atomic E-state index is 0.0776. The van der Waals surface area contributed by atoms with Crippen molar-refractivity contribution in [2.45, 2.75) is 33.4 Å². The predicted octanol–water partition coefficient (Wildman–Crippen LogP) is 3.55. The summed E-state index contributed by atoms with van der Waals surface area (Å²) < 4.78 is 13.0. The molecule has 0 aromatic heterocycles. The fourth-order valence-electron chi connectivity index (χ4n) is 2.70. The van der Waals surface area contributed by atoms with E-state index in [-0.39, 0.29) is 17.7 Å². The Morgan fingerprint density at radius 3 is 2.27 bits per heavy atom. The number of hydrogen-bond acceptors (Lipinski definition) is 2. The molecule has 0 saturated heterocycles. The van der Waals surface area contributed by atoms with Gasteiger partial charge in [-0.3, -0.25) is 9.59 Å². The van der Waals surface area contributed by atoms with Crippen molar-refractivity contribution in [3.63, 3.8) is 0 Å². The Hall–Kier alpha value is -2.69. The number of likely N-dealkylation sites (N-methyl/N-ethyl adjacent to an activating group) is 1. The number of carbonyl (C=O) groups excluding carboxylic acids is 2. The summed E-state index contributed by atoms with van der Waals surface area (Å²) in [7, 11) is 1.73. The molecule has 0 aliphatic carbocycles. The number of aryl methyl sites for hydroxylation is 1. The van der Waals surface area contributed by atoms with E-state index in [1.807, 2.05) is 45.0 Å². The van der Waals surface area contributed by atoms with Gasteiger partial charge in [-0.2, -0.15) is 0 Å². The van der Waals surface area contributed by atoms with E-state index in [0.717, 1.165) is 11.1 Å². The van der Waals surface area contributed by atoms with Crippen LogP contribution in [0.1, 0.15) is 35.3 Å². The zero-order valence-corrected chi connectivity index (χ0v) is 15.6. The van der Waals surface area contributed by atoms with Crippen LogP contribution >= 0.6 is 0 Å². The van der Waals surface area contributed by atoms with Gasteiger partial charge in [0.25, 0.3) is 5.91 Å². The predicted molar refractivity (Wildman–Crippen MR) is 100 cm³/mol. The molecule has 0 unspecified atom stereocenters. The van der Waals surface area contributed by atoms with Crippen LogP contribution in [-0.4, -0.2) is 29.8 Å². The van der Waals surface area contributed by atoms with E-state index in [4.69, 9.17) is 0 Å². The molecule has 1 atom stereocenters. The average Bonchev–Trinajstić information content (AvgIpc) is 2.61. The second-order valence-corrected chi connectivity index (χ2v) is 6.82. The molecule has 5 heteroatoms. The van der Waals surface area contributed by atoms with Crippen LogP contribution in [0.25, 0.3) is 0 Å². The van der Waals surface area contributed by atoms with Crippen molar-refractivity contribution in [1.29, 1.82) is 0 Å². The molecule has 0 heterocycles. The van der Waals surface area contributed by atoms with E-state index in [2.05, 4.69) is 5.32 Å². The molecule has 0 saturated carbocycles. The van der Waals surface area contributed by atoms with E-state index in [1.165, 1.54) is 24.3 Å². The number of nitrogens with one attached hydrogen (secondary N) is 1. The Labute approximate surface area is 154 Å². The number of hydrogen-bond donors (Lipinski definition) is 1. The van der Waals surface area contributed by atoms with Gasteiger partial charge < -0.3 is 10.2 Å². The molecule has 0 spiro atoms. The van der Waals surface area contributed by atoms with Crippen LogP contribution in [0.5, 0.6) is 0 Å². The van der Waals surface area contributed by atoms with Gasteiger partial charge in [-0.15, -0.1) is 0 Å². The first-order valence-corrected chi connectivity index (χ1v) is 8.65. The quantitative estimate of drug-likeness (QED) is 0.861. The molecule has 0 aliphatic rings. The standard InChI is InChI=1S/C21H25FN2O2/c1-14(2)19(23-20(25)16-9-11-18(22)12-10-16)21(26)24(4)13-17-8-6-5-7-15(17)3/h5-12,14,19H,13H2,1-4H3,(H,23,25)/t19-/m0/s1. The number of halogens is 1. The summed E-state index contributed by atoms with van der Waals surface area (Å²) in [4.78, 5) is 26.9. The Bertz CT molecular complexity index is 772. The maximum absolute atomic E-state index is 13.0. The monoisotopic (exact) mass is 356 g/mol. The zero-order chi connectivity index (χ0) is 19.3. The van der Waals surface area contributed by atoms with Crippen LogP contribution in [0, 0.1) is 18.7 Å². The number of carbonyl (C=O) groups is 2. The Morgan fingerprint density at radius 2 is 1.69 bits per heavy atom. The van der Waals surface area contributed by atoms with E-state index in [0.29, 0.717) is 12.1 Å². The maximum Gasteiger partial charge on any atom is 0.251 e. The minimum atomic E-state index is -0.651. The highest BCUT2D eigenvalue weighted by Gasteiger charge is 2.27. The van der Waals surface area contributed by atoms with Crippen molar-refractivity contribution < 1.29 is 14.0 Å². The van der Waals surface area contributed by atoms with Crippen LogP contribution in [0.2, 0.25) is 0 Å². The highest BCUT2D eigenvalue weighted by molar-refractivity contribution is 5.97. The van der Waals surface area contributed by atoms with Gasteiger partial charge in [0.2, 0.25) is 5.91 Å². The Kier molecular flexibility index (Phi) is 6.50. The fraction of sp³-hybridized carbons (Fsp3) is 0.333. The molecule has 0 fully saturated rings. The van der Waals surface area contributed by atoms with Gasteiger partial charge in [0.05, 0.1) is 0 Å². The summed E-state index contributed by atoms with van der Waals surface area (Å²) in [5.74, 6) is -1.03. The van der Waals surface area contributed by atoms with E-state index in [1.54, 1.807) is 11.9 Å². The topological polar surface area (TPSA) is 49.4 Å². The summed E-state index contributed by atoms with van der Waals surface area (Å²) in [5, 5.41) is 2.78. The lowest BCUT2D eigenvalue weighted by Crippen LogP contribution is -2.50. The molecule has 26 heavy (non-hydrogen) atoms. The van der Waals surface area contributed by atoms with Crippen LogP contribution in [0.15, 0.2) is 48.5 Å². The Morgan fingerprint density at radius 1 is 1.08 bits per heavy atom. The van der Waals surface area contributed by atoms with E-state index in [9.17, 15) is 14.0 Å². The second kappa shape index (κ2) is 8.61. The summed E-state index contributed by atoms with van der Waals surface area (Å²) >= 11 is 0. The van der Waals surface area contributed by atoms with Crippen molar-refractivity contribution in [1.82, 2.24) is 10.2 Å². The molecule has 2 amide bonds. The van der Waals surface area contributed by atoms with Gasteiger partial charge in [-0.25, -0.2) is 4.39 Å². The lowest BCUT2D eigenvalue weighted by molar-refractivity contribution is -0.133. The van der Waals surface area contributed by atoms with Gasteiger partial charge in [0.1, 0.15) is 11.9 Å². The molecule has 4 nitrogen and oxygen atoms in total. The van der Waals surface area contributed by atoms with Crippen molar-refractivity contribution in [3.8, 4) is 0 Å². The third kappa shape index (κ3) is 4.91. The SMILES string of the molecule is Cc1ccccc1CN(C)C(=O)[C@@H](NC(=O)c1ccc(F)cc1)C(C)C. The largest absolute Gasteiger partial charge is 0.340 e. The molecule has 138 valence electrons. The molecule has 0 aliphatic heterocycles. The van der Waals surface area contributed by atoms with E-state index >= 15 is 0 Å². The van der Waals surface area contributed by atoms with Crippen molar-refractivity contribution in [2.75, 3.05) is 7.05 Å². The maximum atomic E-state index is 13.0. The van der Waals surface area contributed by atoms with Crippen molar-refractivity contribution in [3.05, 3.63) is 71.0 Å². The normalized spacial score (nSPS) is 11.9. The van der Waals surface area contributed by atoms with Crippen LogP contribution in [0.4, 0.5) is 4.39 Å². The third-order valence-electron chi connectivity index (χ3n) is 4.37. The second-order valence-electron chi connectivity index (χ2n) is 6.82. The smallest absolute Gasteiger partial charge is 0.251 e. The first-order valence-electron chi connectivity index (χ1n) is 8.65. The molecule has 2 rings (SSSR count). The average molecular weight is 356 g/mol. The van der Waals surface area contributed by atoms with Gasteiger partial charge >= 0.3 is 0 Å². The lowest BCUT2D eigenvalue weighted by atomic mass is 10.0. The minimum Gasteiger partial charge on any atom is -0.340 e. The Balaban J connectivity index is 2.10. The van der Waals surface area contributed by atoms with Gasteiger partial charge in [0, 0.05) is 19.2 Å². The highest BCUT2D eigenvalue weighted by Crippen LogP contribution is 2.13. The van der Waals surface area contributed by atoms with Crippen LogP contribution < -0.4 is 5.32 Å². The number of benzene rings is 2. The molecule has 0 radical (unpaired) electrons. The van der Waals surface area contributed by atoms with Crippen molar-refractivity contribution >= 4 is 11.8 Å². The fourth-order valence-corrected chi connectivity index (χ4v) is 2.70. The van der Waals surface area contributed by atoms with Crippen LogP contribution in [-0.2, 0) is 11.3 Å². The molecular formula is C21H25FN2O2. The first kappa shape index (κ1) is 19.6. The van der Waals surface area contributed by atoms with Crippen LogP contribution in [0.3, 0.4) is 0 Å². The molecule has 2 aromatic rings. The number of rotatable bonds is 6. The summed E-state index contributed by atoms with van der Waals surface area (Å²) in [6.07, 6.45) is 0. The van der Waals surface area contributed by atoms with E-state index < -0.39 is 11.9 Å². The van der Waals surface area contributed by atoms with Gasteiger partial charge in [0.15, 0.2) is 0 Å². The van der Waals surface area contributed by atoms with Gasteiger partial charge in [-0.05, 0) is 48.2 Å². The molecule has 2 aromatic carbocycles. The first-order chi connectivity index (χ1) is 12.3. The third-order valence-corrected chi connectivity index (χ3v) is 4.37. The lowest BCUT2D eigenvalue weighted by Gasteiger charge is -2.27. The zero-order valence-electron chi connectivity index (χ0n) is 15.6. The number of amides is 2. The summed E-state index contributed by atoms with van der Waals surface area (Å²) in [6.45, 7) is 6.25. The number of nitrogens with zero attached hydrogens (tertiary/aromatic N) is 1. The summed E-state index contributed by atoms with van der Waals surface area (Å²) in [5.41, 5.74) is 2.51. The highest BCUT2D eigenvalue weighted by atomic mass is 19.1. The molecule has 0 bridgehead atoms. The summed E-state index contributed by atoms with van der Waals surface area (Å²) in [6, 6.07) is 12.5.